The van der Waals surface area contributed by atoms with E-state index in [1.807, 2.05) is 43.1 Å². The summed E-state index contributed by atoms with van der Waals surface area (Å²) in [7, 11) is 4.92. The molecule has 0 aromatic heterocycles. The zero-order valence-electron chi connectivity index (χ0n) is 10.8. The molecule has 0 aliphatic heterocycles. The van der Waals surface area contributed by atoms with Crippen LogP contribution in [-0.4, -0.2) is 38.7 Å². The lowest BCUT2D eigenvalue weighted by Crippen LogP contribution is -2.29. The normalized spacial score (nSPS) is 12.3. The molecule has 0 N–H and O–H groups in total. The molecule has 94 valence electrons. The van der Waals surface area contributed by atoms with Crippen molar-refractivity contribution in [2.75, 3.05) is 27.8 Å². The summed E-state index contributed by atoms with van der Waals surface area (Å²) in [4.78, 5) is 13.1. The van der Waals surface area contributed by atoms with Gasteiger partial charge >= 0.3 is 5.97 Å². The predicted octanol–water partition coefficient (Wildman–Crippen LogP) is 1.86. The van der Waals surface area contributed by atoms with Crippen LogP contribution in [0, 0.1) is 0 Å². The van der Waals surface area contributed by atoms with Crippen molar-refractivity contribution in [2.24, 2.45) is 0 Å². The van der Waals surface area contributed by atoms with Gasteiger partial charge in [-0.3, -0.25) is 9.69 Å². The fourth-order valence-corrected chi connectivity index (χ4v) is 1.65. The Balaban J connectivity index is 2.80. The third kappa shape index (κ3) is 3.46. The number of rotatable bonds is 5. The minimum absolute atomic E-state index is 0.0882. The van der Waals surface area contributed by atoms with Crippen LogP contribution in [0.1, 0.15) is 18.5 Å². The first kappa shape index (κ1) is 13.5. The van der Waals surface area contributed by atoms with Crippen LogP contribution < -0.4 is 4.74 Å². The highest BCUT2D eigenvalue weighted by molar-refractivity contribution is 5.71. The molecule has 0 amide bonds. The van der Waals surface area contributed by atoms with E-state index in [0.717, 1.165) is 11.3 Å². The lowest BCUT2D eigenvalue weighted by atomic mass is 10.1. The maximum Gasteiger partial charge on any atom is 0.319 e. The first-order chi connectivity index (χ1) is 8.10. The van der Waals surface area contributed by atoms with Crippen LogP contribution >= 0.6 is 0 Å². The molecule has 0 unspecified atom stereocenters. The molecule has 4 nitrogen and oxygen atoms in total. The number of carbonyl (C=O) groups is 1. The van der Waals surface area contributed by atoms with Crippen molar-refractivity contribution in [3.63, 3.8) is 0 Å². The van der Waals surface area contributed by atoms with Gasteiger partial charge in [0, 0.05) is 11.6 Å². The maximum absolute atomic E-state index is 11.2. The minimum Gasteiger partial charge on any atom is -0.496 e. The molecule has 0 aliphatic carbocycles. The number of benzene rings is 1. The zero-order chi connectivity index (χ0) is 12.8. The van der Waals surface area contributed by atoms with E-state index < -0.39 is 0 Å². The lowest BCUT2D eigenvalue weighted by molar-refractivity contribution is -0.142. The number of carbonyl (C=O) groups excluding carboxylic acids is 1. The standard InChI is InChI=1S/C13H19NO3/c1-10(14(2)9-13(15)17-4)11-7-5-6-8-12(11)16-3/h5-8,10H,9H2,1-4H3/t10-/m0/s1. The number of ether oxygens (including phenoxy) is 2. The summed E-state index contributed by atoms with van der Waals surface area (Å²) < 4.78 is 9.96. The highest BCUT2D eigenvalue weighted by Crippen LogP contribution is 2.27. The van der Waals surface area contributed by atoms with Gasteiger partial charge in [0.05, 0.1) is 20.8 Å². The summed E-state index contributed by atoms with van der Waals surface area (Å²) >= 11 is 0. The van der Waals surface area contributed by atoms with E-state index in [-0.39, 0.29) is 18.6 Å². The van der Waals surface area contributed by atoms with Gasteiger partial charge < -0.3 is 9.47 Å². The zero-order valence-corrected chi connectivity index (χ0v) is 10.8. The number of nitrogens with zero attached hydrogens (tertiary/aromatic N) is 1. The van der Waals surface area contributed by atoms with Gasteiger partial charge in [-0.15, -0.1) is 0 Å². The van der Waals surface area contributed by atoms with Crippen molar-refractivity contribution >= 4 is 5.97 Å². The van der Waals surface area contributed by atoms with E-state index >= 15 is 0 Å². The molecule has 0 aliphatic rings. The highest BCUT2D eigenvalue weighted by Gasteiger charge is 2.17. The average Bonchev–Trinajstić information content (AvgIpc) is 2.37. The summed E-state index contributed by atoms with van der Waals surface area (Å²) in [6, 6.07) is 7.88. The third-order valence-corrected chi connectivity index (χ3v) is 2.86. The second-order valence-electron chi connectivity index (χ2n) is 3.91. The van der Waals surface area contributed by atoms with Crippen molar-refractivity contribution < 1.29 is 14.3 Å². The van der Waals surface area contributed by atoms with Crippen LogP contribution in [-0.2, 0) is 9.53 Å². The van der Waals surface area contributed by atoms with Gasteiger partial charge in [0.2, 0.25) is 0 Å². The van der Waals surface area contributed by atoms with Crippen LogP contribution in [0.15, 0.2) is 24.3 Å². The molecule has 1 aromatic carbocycles. The Labute approximate surface area is 102 Å². The van der Waals surface area contributed by atoms with E-state index in [4.69, 9.17) is 4.74 Å². The molecule has 4 heteroatoms. The molecule has 0 fully saturated rings. The van der Waals surface area contributed by atoms with Gasteiger partial charge in [0.1, 0.15) is 5.75 Å². The van der Waals surface area contributed by atoms with Crippen molar-refractivity contribution in [1.29, 1.82) is 0 Å². The molecule has 17 heavy (non-hydrogen) atoms. The molecular weight excluding hydrogens is 218 g/mol. The summed E-state index contributed by atoms with van der Waals surface area (Å²) in [6.45, 7) is 2.29. The second kappa shape index (κ2) is 6.25. The van der Waals surface area contributed by atoms with Crippen LogP contribution in [0.4, 0.5) is 0 Å². The van der Waals surface area contributed by atoms with E-state index in [0.29, 0.717) is 0 Å². The van der Waals surface area contributed by atoms with Crippen molar-refractivity contribution in [3.05, 3.63) is 29.8 Å². The maximum atomic E-state index is 11.2. The Bertz CT molecular complexity index is 379. The molecule has 0 saturated carbocycles. The Morgan fingerprint density at radius 2 is 2.00 bits per heavy atom. The number of hydrogen-bond acceptors (Lipinski definition) is 4. The number of hydrogen-bond donors (Lipinski definition) is 0. The smallest absolute Gasteiger partial charge is 0.319 e. The van der Waals surface area contributed by atoms with Crippen molar-refractivity contribution in [3.8, 4) is 5.75 Å². The number of likely N-dealkylation sites (N-methyl/N-ethyl adjacent to an activating group) is 1. The molecular formula is C13H19NO3. The van der Waals surface area contributed by atoms with Crippen LogP contribution in [0.3, 0.4) is 0 Å². The van der Waals surface area contributed by atoms with E-state index in [1.54, 1.807) is 7.11 Å². The van der Waals surface area contributed by atoms with Gasteiger partial charge in [0.25, 0.3) is 0 Å². The number of esters is 1. The van der Waals surface area contributed by atoms with Crippen LogP contribution in [0.25, 0.3) is 0 Å². The van der Waals surface area contributed by atoms with Gasteiger partial charge in [-0.25, -0.2) is 0 Å². The Morgan fingerprint density at radius 3 is 2.59 bits per heavy atom. The largest absolute Gasteiger partial charge is 0.496 e. The summed E-state index contributed by atoms with van der Waals surface area (Å²) in [5.41, 5.74) is 1.06. The monoisotopic (exact) mass is 237 g/mol. The number of methoxy groups -OCH3 is 2. The molecule has 0 saturated heterocycles. The summed E-state index contributed by atoms with van der Waals surface area (Å²) in [5.74, 6) is 0.589. The molecule has 0 spiro atoms. The first-order valence-electron chi connectivity index (χ1n) is 5.50. The minimum atomic E-state index is -0.241. The van der Waals surface area contributed by atoms with Crippen molar-refractivity contribution in [1.82, 2.24) is 4.90 Å². The van der Waals surface area contributed by atoms with Gasteiger partial charge in [0.15, 0.2) is 0 Å². The molecule has 1 aromatic rings. The van der Waals surface area contributed by atoms with Gasteiger partial charge in [-0.05, 0) is 20.0 Å². The molecule has 0 heterocycles. The van der Waals surface area contributed by atoms with Crippen LogP contribution in [0.5, 0.6) is 5.75 Å². The Hall–Kier alpha value is -1.55. The summed E-state index contributed by atoms with van der Waals surface area (Å²) in [5, 5.41) is 0. The van der Waals surface area contributed by atoms with E-state index in [9.17, 15) is 4.79 Å². The predicted molar refractivity (Wildman–Crippen MR) is 66.1 cm³/mol. The molecule has 1 rings (SSSR count). The Kier molecular flexibility index (Phi) is 4.97. The van der Waals surface area contributed by atoms with E-state index in [1.165, 1.54) is 7.11 Å². The molecule has 0 radical (unpaired) electrons. The molecule has 0 bridgehead atoms. The van der Waals surface area contributed by atoms with Crippen molar-refractivity contribution in [2.45, 2.75) is 13.0 Å². The van der Waals surface area contributed by atoms with Crippen LogP contribution in [0.2, 0.25) is 0 Å². The quantitative estimate of drug-likeness (QED) is 0.733. The fraction of sp³-hybridized carbons (Fsp3) is 0.462. The molecule has 1 atom stereocenters. The average molecular weight is 237 g/mol. The Morgan fingerprint density at radius 1 is 1.35 bits per heavy atom. The topological polar surface area (TPSA) is 38.8 Å². The van der Waals surface area contributed by atoms with Gasteiger partial charge in [-0.2, -0.15) is 0 Å². The fourth-order valence-electron chi connectivity index (χ4n) is 1.65. The first-order valence-corrected chi connectivity index (χ1v) is 5.50. The highest BCUT2D eigenvalue weighted by atomic mass is 16.5. The summed E-state index contributed by atoms with van der Waals surface area (Å²) in [6.07, 6.45) is 0. The number of para-hydroxylation sites is 1. The second-order valence-corrected chi connectivity index (χ2v) is 3.91. The lowest BCUT2D eigenvalue weighted by Gasteiger charge is -2.25. The van der Waals surface area contributed by atoms with E-state index in [2.05, 4.69) is 4.74 Å². The van der Waals surface area contributed by atoms with Gasteiger partial charge in [-0.1, -0.05) is 18.2 Å². The third-order valence-electron chi connectivity index (χ3n) is 2.86. The SMILES string of the molecule is COC(=O)CN(C)[C@@H](C)c1ccccc1OC.